The van der Waals surface area contributed by atoms with Crippen LogP contribution in [0.4, 0.5) is 4.79 Å². The van der Waals surface area contributed by atoms with Gasteiger partial charge in [-0.05, 0) is 25.0 Å². The Bertz CT molecular complexity index is 519. The lowest BCUT2D eigenvalue weighted by molar-refractivity contribution is -0.142. The number of amides is 1. The Morgan fingerprint density at radius 3 is 2.43 bits per heavy atom. The summed E-state index contributed by atoms with van der Waals surface area (Å²) < 4.78 is 9.68. The van der Waals surface area contributed by atoms with Crippen molar-refractivity contribution in [3.05, 3.63) is 42.5 Å². The molecule has 1 rings (SSSR count). The molecule has 1 atom stereocenters. The Labute approximate surface area is 141 Å². The second kappa shape index (κ2) is 10.7. The molecule has 6 heteroatoms. The first-order valence-electron chi connectivity index (χ1n) is 7.43. The minimum absolute atomic E-state index is 0.378. The van der Waals surface area contributed by atoms with Crippen molar-refractivity contribution in [2.75, 3.05) is 20.8 Å². The van der Waals surface area contributed by atoms with Crippen LogP contribution in [0, 0.1) is 0 Å². The number of esters is 1. The summed E-state index contributed by atoms with van der Waals surface area (Å²) in [6.45, 7) is 2.42. The van der Waals surface area contributed by atoms with Crippen molar-refractivity contribution in [3.63, 3.8) is 0 Å². The van der Waals surface area contributed by atoms with Gasteiger partial charge in [0.2, 0.25) is 0 Å². The lowest BCUT2D eigenvalue weighted by Gasteiger charge is -2.27. The molecule has 0 saturated heterocycles. The largest absolute Gasteiger partial charge is 0.467 e. The van der Waals surface area contributed by atoms with Gasteiger partial charge in [-0.2, -0.15) is 0 Å². The third-order valence-corrected chi connectivity index (χ3v) is 4.24. The summed E-state index contributed by atoms with van der Waals surface area (Å²) in [5.74, 6) is -0.483. The van der Waals surface area contributed by atoms with E-state index >= 15 is 0 Å². The molecule has 1 amide bonds. The standard InChI is InChI=1S/C17H23NO4S/c1-4-5-6-10-13-18(17(20)22-3)15(16(19)21-2)23-14-11-8-7-9-12-14/h5-9,11-12,15H,4,10,13H2,1-3H3/b6-5+. The van der Waals surface area contributed by atoms with Crippen LogP contribution in [0.2, 0.25) is 0 Å². The molecular weight excluding hydrogens is 314 g/mol. The highest BCUT2D eigenvalue weighted by molar-refractivity contribution is 8.00. The number of allylic oxidation sites excluding steroid dienone is 1. The van der Waals surface area contributed by atoms with E-state index in [2.05, 4.69) is 0 Å². The topological polar surface area (TPSA) is 55.8 Å². The summed E-state index contributed by atoms with van der Waals surface area (Å²) in [6.07, 6.45) is 5.03. The molecule has 126 valence electrons. The molecule has 1 unspecified atom stereocenters. The number of rotatable bonds is 8. The number of hydrogen-bond donors (Lipinski definition) is 0. The van der Waals surface area contributed by atoms with E-state index in [-0.39, 0.29) is 0 Å². The molecule has 0 saturated carbocycles. The first kappa shape index (κ1) is 19.1. The molecule has 1 aromatic carbocycles. The van der Waals surface area contributed by atoms with Gasteiger partial charge in [0.25, 0.3) is 0 Å². The van der Waals surface area contributed by atoms with Crippen LogP contribution in [0.15, 0.2) is 47.4 Å². The van der Waals surface area contributed by atoms with Crippen LogP contribution in [-0.2, 0) is 14.3 Å². The van der Waals surface area contributed by atoms with Crippen molar-refractivity contribution in [3.8, 4) is 0 Å². The van der Waals surface area contributed by atoms with Crippen LogP contribution in [0.5, 0.6) is 0 Å². The third kappa shape index (κ3) is 6.36. The van der Waals surface area contributed by atoms with Crippen LogP contribution in [0.1, 0.15) is 19.8 Å². The Hall–Kier alpha value is -1.95. The van der Waals surface area contributed by atoms with Gasteiger partial charge in [0.05, 0.1) is 14.2 Å². The summed E-state index contributed by atoms with van der Waals surface area (Å²) in [4.78, 5) is 26.5. The quantitative estimate of drug-likeness (QED) is 0.313. The highest BCUT2D eigenvalue weighted by Gasteiger charge is 2.32. The van der Waals surface area contributed by atoms with Crippen molar-refractivity contribution in [2.45, 2.75) is 30.0 Å². The van der Waals surface area contributed by atoms with E-state index in [9.17, 15) is 9.59 Å². The average molecular weight is 337 g/mol. The normalized spacial score (nSPS) is 12.0. The zero-order valence-electron chi connectivity index (χ0n) is 13.7. The molecule has 0 aliphatic rings. The Balaban J connectivity index is 2.94. The lowest BCUT2D eigenvalue weighted by atomic mass is 10.3. The van der Waals surface area contributed by atoms with Gasteiger partial charge in [0, 0.05) is 11.4 Å². The zero-order chi connectivity index (χ0) is 17.1. The number of carbonyl (C=O) groups excluding carboxylic acids is 2. The van der Waals surface area contributed by atoms with Gasteiger partial charge >= 0.3 is 12.1 Å². The fraction of sp³-hybridized carbons (Fsp3) is 0.412. The SMILES string of the molecule is CC/C=C/CCN(C(=O)OC)C(Sc1ccccc1)C(=O)OC. The molecule has 0 N–H and O–H groups in total. The molecule has 1 aromatic rings. The van der Waals surface area contributed by atoms with Crippen LogP contribution in [0.3, 0.4) is 0 Å². The Kier molecular flexibility index (Phi) is 8.90. The van der Waals surface area contributed by atoms with Crippen molar-refractivity contribution in [1.29, 1.82) is 0 Å². The third-order valence-electron chi connectivity index (χ3n) is 3.02. The van der Waals surface area contributed by atoms with Crippen molar-refractivity contribution in [1.82, 2.24) is 4.90 Å². The summed E-state index contributed by atoms with van der Waals surface area (Å²) in [7, 11) is 2.62. The number of methoxy groups -OCH3 is 2. The predicted molar refractivity (Wildman–Crippen MR) is 91.3 cm³/mol. The minimum atomic E-state index is -0.787. The van der Waals surface area contributed by atoms with Gasteiger partial charge in [0.1, 0.15) is 0 Å². The predicted octanol–water partition coefficient (Wildman–Crippen LogP) is 3.70. The van der Waals surface area contributed by atoms with E-state index in [0.717, 1.165) is 11.3 Å². The summed E-state index contributed by atoms with van der Waals surface area (Å²) in [6, 6.07) is 9.41. The van der Waals surface area contributed by atoms with E-state index in [1.165, 1.54) is 30.9 Å². The van der Waals surface area contributed by atoms with E-state index in [4.69, 9.17) is 9.47 Å². The highest BCUT2D eigenvalue weighted by Crippen LogP contribution is 2.27. The lowest BCUT2D eigenvalue weighted by Crippen LogP contribution is -2.44. The molecular formula is C17H23NO4S. The summed E-state index contributed by atoms with van der Waals surface area (Å²) in [5, 5.41) is -0.787. The molecule has 23 heavy (non-hydrogen) atoms. The molecule has 0 aromatic heterocycles. The zero-order valence-corrected chi connectivity index (χ0v) is 14.5. The van der Waals surface area contributed by atoms with Crippen molar-refractivity contribution >= 4 is 23.8 Å². The smallest absolute Gasteiger partial charge is 0.410 e. The number of nitrogens with zero attached hydrogens (tertiary/aromatic N) is 1. The molecule has 0 bridgehead atoms. The number of thioether (sulfide) groups is 1. The van der Waals surface area contributed by atoms with Gasteiger partial charge in [-0.1, -0.05) is 49.0 Å². The molecule has 0 spiro atoms. The molecule has 0 fully saturated rings. The molecule has 0 aliphatic heterocycles. The van der Waals surface area contributed by atoms with Gasteiger partial charge in [0.15, 0.2) is 5.37 Å². The van der Waals surface area contributed by atoms with Gasteiger partial charge in [-0.15, -0.1) is 0 Å². The molecule has 0 heterocycles. The number of benzene rings is 1. The van der Waals surface area contributed by atoms with E-state index < -0.39 is 17.4 Å². The van der Waals surface area contributed by atoms with Crippen LogP contribution < -0.4 is 0 Å². The summed E-state index contributed by atoms with van der Waals surface area (Å²) >= 11 is 1.26. The second-order valence-electron chi connectivity index (χ2n) is 4.64. The molecule has 0 radical (unpaired) electrons. The maximum absolute atomic E-state index is 12.2. The second-order valence-corrected chi connectivity index (χ2v) is 5.79. The van der Waals surface area contributed by atoms with Crippen LogP contribution in [0.25, 0.3) is 0 Å². The fourth-order valence-electron chi connectivity index (χ4n) is 1.89. The van der Waals surface area contributed by atoms with Crippen molar-refractivity contribution in [2.24, 2.45) is 0 Å². The van der Waals surface area contributed by atoms with Crippen molar-refractivity contribution < 1.29 is 19.1 Å². The molecule has 5 nitrogen and oxygen atoms in total. The number of hydrogen-bond acceptors (Lipinski definition) is 5. The minimum Gasteiger partial charge on any atom is -0.467 e. The van der Waals surface area contributed by atoms with E-state index in [0.29, 0.717) is 13.0 Å². The van der Waals surface area contributed by atoms with E-state index in [1.807, 2.05) is 49.4 Å². The van der Waals surface area contributed by atoms with Gasteiger partial charge in [-0.25, -0.2) is 9.59 Å². The Morgan fingerprint density at radius 1 is 1.17 bits per heavy atom. The fourth-order valence-corrected chi connectivity index (χ4v) is 2.97. The molecule has 0 aliphatic carbocycles. The maximum atomic E-state index is 12.2. The van der Waals surface area contributed by atoms with Gasteiger partial charge < -0.3 is 9.47 Å². The Morgan fingerprint density at radius 2 is 1.87 bits per heavy atom. The van der Waals surface area contributed by atoms with Gasteiger partial charge in [-0.3, -0.25) is 4.90 Å². The number of carbonyl (C=O) groups is 2. The van der Waals surface area contributed by atoms with Crippen LogP contribution in [-0.4, -0.2) is 43.1 Å². The highest BCUT2D eigenvalue weighted by atomic mass is 32.2. The van der Waals surface area contributed by atoms with E-state index in [1.54, 1.807) is 0 Å². The monoisotopic (exact) mass is 337 g/mol. The number of ether oxygens (including phenoxy) is 2. The average Bonchev–Trinajstić information content (AvgIpc) is 2.60. The maximum Gasteiger partial charge on any atom is 0.410 e. The first-order valence-corrected chi connectivity index (χ1v) is 8.31. The summed E-state index contributed by atoms with van der Waals surface area (Å²) in [5.41, 5.74) is 0. The first-order chi connectivity index (χ1) is 11.1. The van der Waals surface area contributed by atoms with Crippen LogP contribution >= 0.6 is 11.8 Å².